The summed E-state index contributed by atoms with van der Waals surface area (Å²) in [6, 6.07) is 19.6. The summed E-state index contributed by atoms with van der Waals surface area (Å²) in [7, 11) is 0. The Bertz CT molecular complexity index is 866. The molecule has 132 valence electrons. The topological polar surface area (TPSA) is 58.4 Å². The fraction of sp³-hybridized carbons (Fsp3) is 0.238. The van der Waals surface area contributed by atoms with Crippen molar-refractivity contribution in [3.63, 3.8) is 0 Å². The highest BCUT2D eigenvalue weighted by Gasteiger charge is 2.14. The van der Waals surface area contributed by atoms with Gasteiger partial charge in [-0.3, -0.25) is 4.79 Å². The summed E-state index contributed by atoms with van der Waals surface area (Å²) >= 11 is 0. The van der Waals surface area contributed by atoms with E-state index in [1.165, 1.54) is 18.5 Å². The molecular weight excluding hydrogens is 326 g/mol. The molecule has 5 nitrogen and oxygen atoms in total. The summed E-state index contributed by atoms with van der Waals surface area (Å²) in [6.45, 7) is 2.73. The summed E-state index contributed by atoms with van der Waals surface area (Å²) in [5.74, 6) is 0.352. The maximum absolute atomic E-state index is 12.3. The third-order valence-electron chi connectivity index (χ3n) is 4.66. The monoisotopic (exact) mass is 347 g/mol. The van der Waals surface area contributed by atoms with E-state index in [1.54, 1.807) is 6.07 Å². The van der Waals surface area contributed by atoms with Gasteiger partial charge >= 0.3 is 0 Å². The van der Waals surface area contributed by atoms with Crippen LogP contribution in [-0.2, 0) is 6.54 Å². The SMILES string of the molecule is O=C(NCc1ccc(N2CCCC2)cc1)c1cc(-c2ccccc2)on1. The van der Waals surface area contributed by atoms with Crippen molar-refractivity contribution in [1.29, 1.82) is 0 Å². The second-order valence-corrected chi connectivity index (χ2v) is 6.49. The minimum atomic E-state index is -0.237. The molecule has 1 amide bonds. The maximum Gasteiger partial charge on any atom is 0.273 e. The summed E-state index contributed by atoms with van der Waals surface area (Å²) in [4.78, 5) is 14.7. The van der Waals surface area contributed by atoms with E-state index in [1.807, 2.05) is 30.3 Å². The number of anilines is 1. The number of carbonyl (C=O) groups excluding carboxylic acids is 1. The zero-order chi connectivity index (χ0) is 17.8. The van der Waals surface area contributed by atoms with Gasteiger partial charge < -0.3 is 14.7 Å². The first-order valence-corrected chi connectivity index (χ1v) is 8.94. The Morgan fingerprint density at radius 1 is 1.04 bits per heavy atom. The molecule has 0 unspecified atom stereocenters. The highest BCUT2D eigenvalue weighted by Crippen LogP contribution is 2.21. The molecule has 1 fully saturated rings. The molecule has 1 N–H and O–H groups in total. The summed E-state index contributed by atoms with van der Waals surface area (Å²) in [6.07, 6.45) is 2.53. The van der Waals surface area contributed by atoms with E-state index in [0.717, 1.165) is 24.2 Å². The highest BCUT2D eigenvalue weighted by atomic mass is 16.5. The average Bonchev–Trinajstić information content (AvgIpc) is 3.39. The van der Waals surface area contributed by atoms with Crippen molar-refractivity contribution < 1.29 is 9.32 Å². The third kappa shape index (κ3) is 3.61. The standard InChI is InChI=1S/C21H21N3O2/c25-21(19-14-20(26-23-19)17-6-2-1-3-7-17)22-15-16-8-10-18(11-9-16)24-12-4-5-13-24/h1-3,6-11,14H,4-5,12-13,15H2,(H,22,25). The molecule has 1 aliphatic heterocycles. The molecule has 0 saturated carbocycles. The number of nitrogens with zero attached hydrogens (tertiary/aromatic N) is 2. The molecule has 1 aromatic heterocycles. The highest BCUT2D eigenvalue weighted by molar-refractivity contribution is 5.93. The Hall–Kier alpha value is -3.08. The first-order valence-electron chi connectivity index (χ1n) is 8.94. The molecule has 1 aliphatic rings. The van der Waals surface area contributed by atoms with Crippen molar-refractivity contribution in [2.75, 3.05) is 18.0 Å². The second-order valence-electron chi connectivity index (χ2n) is 6.49. The quantitative estimate of drug-likeness (QED) is 0.761. The van der Waals surface area contributed by atoms with Crippen LogP contribution < -0.4 is 10.2 Å². The predicted octanol–water partition coefficient (Wildman–Crippen LogP) is 3.87. The number of hydrogen-bond donors (Lipinski definition) is 1. The molecule has 0 atom stereocenters. The first-order chi connectivity index (χ1) is 12.8. The van der Waals surface area contributed by atoms with E-state index in [0.29, 0.717) is 12.3 Å². The van der Waals surface area contributed by atoms with Gasteiger partial charge in [0.15, 0.2) is 11.5 Å². The number of carbonyl (C=O) groups is 1. The summed E-state index contributed by atoms with van der Waals surface area (Å²) in [5.41, 5.74) is 3.50. The normalized spacial score (nSPS) is 13.8. The Labute approximate surface area is 152 Å². The number of nitrogens with one attached hydrogen (secondary N) is 1. The van der Waals surface area contributed by atoms with Gasteiger partial charge in [0.2, 0.25) is 0 Å². The molecule has 0 aliphatic carbocycles. The van der Waals surface area contributed by atoms with Crippen LogP contribution in [0.25, 0.3) is 11.3 Å². The van der Waals surface area contributed by atoms with Gasteiger partial charge in [0.25, 0.3) is 5.91 Å². The summed E-state index contributed by atoms with van der Waals surface area (Å²) in [5, 5.41) is 6.77. The largest absolute Gasteiger partial charge is 0.372 e. The number of rotatable bonds is 5. The fourth-order valence-corrected chi connectivity index (χ4v) is 3.19. The molecule has 0 spiro atoms. The van der Waals surface area contributed by atoms with Gasteiger partial charge in [-0.25, -0.2) is 0 Å². The van der Waals surface area contributed by atoms with Crippen LogP contribution in [0.15, 0.2) is 65.2 Å². The molecule has 0 bridgehead atoms. The van der Waals surface area contributed by atoms with Gasteiger partial charge in [0.05, 0.1) is 0 Å². The minimum Gasteiger partial charge on any atom is -0.372 e. The maximum atomic E-state index is 12.3. The van der Waals surface area contributed by atoms with E-state index in [4.69, 9.17) is 4.52 Å². The minimum absolute atomic E-state index is 0.237. The van der Waals surface area contributed by atoms with Gasteiger partial charge in [-0.05, 0) is 30.5 Å². The summed E-state index contributed by atoms with van der Waals surface area (Å²) < 4.78 is 5.28. The van der Waals surface area contributed by atoms with Gasteiger partial charge in [0, 0.05) is 37.0 Å². The van der Waals surface area contributed by atoms with Crippen LogP contribution in [0.4, 0.5) is 5.69 Å². The van der Waals surface area contributed by atoms with E-state index in [9.17, 15) is 4.79 Å². The molecule has 2 heterocycles. The lowest BCUT2D eigenvalue weighted by molar-refractivity contribution is 0.0942. The van der Waals surface area contributed by atoms with Crippen LogP contribution in [0, 0.1) is 0 Å². The molecule has 26 heavy (non-hydrogen) atoms. The zero-order valence-corrected chi connectivity index (χ0v) is 14.5. The van der Waals surface area contributed by atoms with Crippen LogP contribution in [0.2, 0.25) is 0 Å². The Balaban J connectivity index is 1.36. The first kappa shape index (κ1) is 16.4. The second kappa shape index (κ2) is 7.44. The van der Waals surface area contributed by atoms with Crippen molar-refractivity contribution in [2.45, 2.75) is 19.4 Å². The van der Waals surface area contributed by atoms with Gasteiger partial charge in [-0.1, -0.05) is 47.6 Å². The van der Waals surface area contributed by atoms with Crippen molar-refractivity contribution in [1.82, 2.24) is 10.5 Å². The van der Waals surface area contributed by atoms with Gasteiger partial charge in [-0.2, -0.15) is 0 Å². The van der Waals surface area contributed by atoms with Crippen molar-refractivity contribution in [2.24, 2.45) is 0 Å². The van der Waals surface area contributed by atoms with E-state index in [-0.39, 0.29) is 11.6 Å². The van der Waals surface area contributed by atoms with E-state index >= 15 is 0 Å². The average molecular weight is 347 g/mol. The molecule has 4 rings (SSSR count). The molecule has 0 radical (unpaired) electrons. The van der Waals surface area contributed by atoms with Gasteiger partial charge in [-0.15, -0.1) is 0 Å². The van der Waals surface area contributed by atoms with E-state index in [2.05, 4.69) is 39.6 Å². The number of hydrogen-bond acceptors (Lipinski definition) is 4. The smallest absolute Gasteiger partial charge is 0.273 e. The lowest BCUT2D eigenvalue weighted by Gasteiger charge is -2.17. The van der Waals surface area contributed by atoms with Gasteiger partial charge in [0.1, 0.15) is 0 Å². The Kier molecular flexibility index (Phi) is 4.69. The lowest BCUT2D eigenvalue weighted by atomic mass is 10.1. The molecule has 3 aromatic rings. The predicted molar refractivity (Wildman–Crippen MR) is 101 cm³/mol. The van der Waals surface area contributed by atoms with Crippen molar-refractivity contribution >= 4 is 11.6 Å². The number of amides is 1. The number of aromatic nitrogens is 1. The zero-order valence-electron chi connectivity index (χ0n) is 14.5. The Morgan fingerprint density at radius 3 is 2.50 bits per heavy atom. The number of benzene rings is 2. The lowest BCUT2D eigenvalue weighted by Crippen LogP contribution is -2.23. The van der Waals surface area contributed by atoms with Crippen LogP contribution in [0.1, 0.15) is 28.9 Å². The van der Waals surface area contributed by atoms with Crippen molar-refractivity contribution in [3.8, 4) is 11.3 Å². The molecule has 2 aromatic carbocycles. The van der Waals surface area contributed by atoms with Crippen LogP contribution in [0.5, 0.6) is 0 Å². The van der Waals surface area contributed by atoms with E-state index < -0.39 is 0 Å². The van der Waals surface area contributed by atoms with Crippen molar-refractivity contribution in [3.05, 3.63) is 71.9 Å². The Morgan fingerprint density at radius 2 is 1.77 bits per heavy atom. The fourth-order valence-electron chi connectivity index (χ4n) is 3.19. The van der Waals surface area contributed by atoms with Crippen LogP contribution in [-0.4, -0.2) is 24.2 Å². The molecule has 5 heteroatoms. The van der Waals surface area contributed by atoms with Crippen LogP contribution >= 0.6 is 0 Å². The molecule has 1 saturated heterocycles. The molecular formula is C21H21N3O2. The van der Waals surface area contributed by atoms with Crippen LogP contribution in [0.3, 0.4) is 0 Å². The third-order valence-corrected chi connectivity index (χ3v) is 4.66.